The molecule has 3 heteroatoms. The van der Waals surface area contributed by atoms with Crippen LogP contribution in [-0.2, 0) is 6.54 Å². The van der Waals surface area contributed by atoms with Crippen molar-refractivity contribution >= 4 is 0 Å². The molecule has 1 heterocycles. The molecule has 2 rings (SSSR count). The van der Waals surface area contributed by atoms with Gasteiger partial charge in [0, 0.05) is 18.8 Å². The van der Waals surface area contributed by atoms with Gasteiger partial charge in [-0.15, -0.1) is 0 Å². The lowest BCUT2D eigenvalue weighted by Gasteiger charge is -2.52. The zero-order valence-corrected chi connectivity index (χ0v) is 10.1. The van der Waals surface area contributed by atoms with Crippen molar-refractivity contribution in [3.05, 3.63) is 18.0 Å². The third-order valence-electron chi connectivity index (χ3n) is 4.00. The van der Waals surface area contributed by atoms with E-state index >= 15 is 0 Å². The van der Waals surface area contributed by atoms with Crippen LogP contribution in [0, 0.1) is 5.41 Å². The lowest BCUT2D eigenvalue weighted by molar-refractivity contribution is 0.0751. The van der Waals surface area contributed by atoms with E-state index in [4.69, 9.17) is 0 Å². The zero-order valence-electron chi connectivity index (χ0n) is 10.1. The standard InChI is InChI=1S/C12H21N3/c1-5-15-8-9(7-14-15)10-6-11(13-4)12(10,2)3/h7-8,10-11,13H,5-6H2,1-4H3. The molecule has 1 saturated carbocycles. The van der Waals surface area contributed by atoms with Gasteiger partial charge in [0.15, 0.2) is 0 Å². The molecule has 1 N–H and O–H groups in total. The number of hydrogen-bond donors (Lipinski definition) is 1. The van der Waals surface area contributed by atoms with E-state index in [2.05, 4.69) is 44.4 Å². The highest BCUT2D eigenvalue weighted by molar-refractivity contribution is 5.22. The van der Waals surface area contributed by atoms with E-state index in [9.17, 15) is 0 Å². The first kappa shape index (κ1) is 10.7. The highest BCUT2D eigenvalue weighted by Gasteiger charge is 2.48. The van der Waals surface area contributed by atoms with Crippen LogP contribution in [0.3, 0.4) is 0 Å². The van der Waals surface area contributed by atoms with Crippen LogP contribution in [0.5, 0.6) is 0 Å². The van der Waals surface area contributed by atoms with E-state index in [0.29, 0.717) is 17.4 Å². The molecular formula is C12H21N3. The summed E-state index contributed by atoms with van der Waals surface area (Å²) in [6.07, 6.45) is 5.46. The van der Waals surface area contributed by atoms with Gasteiger partial charge in [-0.3, -0.25) is 4.68 Å². The Hall–Kier alpha value is -0.830. The molecule has 0 aliphatic heterocycles. The molecule has 1 aromatic heterocycles. The molecule has 3 nitrogen and oxygen atoms in total. The second-order valence-electron chi connectivity index (χ2n) is 5.08. The number of nitrogens with zero attached hydrogens (tertiary/aromatic N) is 2. The summed E-state index contributed by atoms with van der Waals surface area (Å²) in [6.45, 7) is 7.76. The minimum Gasteiger partial charge on any atom is -0.316 e. The van der Waals surface area contributed by atoms with Gasteiger partial charge in [-0.1, -0.05) is 13.8 Å². The third kappa shape index (κ3) is 1.59. The highest BCUT2D eigenvalue weighted by Crippen LogP contribution is 2.52. The van der Waals surface area contributed by atoms with Crippen molar-refractivity contribution in [3.63, 3.8) is 0 Å². The fraction of sp³-hybridized carbons (Fsp3) is 0.750. The number of aromatic nitrogens is 2. The molecule has 0 spiro atoms. The molecule has 2 unspecified atom stereocenters. The predicted molar refractivity (Wildman–Crippen MR) is 61.9 cm³/mol. The van der Waals surface area contributed by atoms with Crippen molar-refractivity contribution in [2.75, 3.05) is 7.05 Å². The number of hydrogen-bond acceptors (Lipinski definition) is 2. The van der Waals surface area contributed by atoms with E-state index in [1.807, 2.05) is 10.9 Å². The summed E-state index contributed by atoms with van der Waals surface area (Å²) in [4.78, 5) is 0. The van der Waals surface area contributed by atoms with Crippen molar-refractivity contribution in [3.8, 4) is 0 Å². The average molecular weight is 207 g/mol. The Balaban J connectivity index is 2.13. The monoisotopic (exact) mass is 207 g/mol. The lowest BCUT2D eigenvalue weighted by Crippen LogP contribution is -2.54. The smallest absolute Gasteiger partial charge is 0.0524 e. The lowest BCUT2D eigenvalue weighted by atomic mass is 9.57. The van der Waals surface area contributed by atoms with Gasteiger partial charge < -0.3 is 5.32 Å². The predicted octanol–water partition coefficient (Wildman–Crippen LogP) is 2.00. The normalized spacial score (nSPS) is 28.8. The van der Waals surface area contributed by atoms with Crippen LogP contribution in [0.4, 0.5) is 0 Å². The minimum absolute atomic E-state index is 0.357. The van der Waals surface area contributed by atoms with E-state index < -0.39 is 0 Å². The molecule has 1 aromatic rings. The van der Waals surface area contributed by atoms with Crippen molar-refractivity contribution in [2.45, 2.75) is 45.7 Å². The second kappa shape index (κ2) is 3.63. The number of rotatable bonds is 3. The van der Waals surface area contributed by atoms with Crippen LogP contribution >= 0.6 is 0 Å². The average Bonchev–Trinajstić information content (AvgIpc) is 2.65. The van der Waals surface area contributed by atoms with Gasteiger partial charge in [0.25, 0.3) is 0 Å². The SMILES string of the molecule is CCn1cc(C2CC(NC)C2(C)C)cn1. The molecule has 1 fully saturated rings. The van der Waals surface area contributed by atoms with E-state index in [1.165, 1.54) is 12.0 Å². The van der Waals surface area contributed by atoms with E-state index in [-0.39, 0.29) is 0 Å². The fourth-order valence-electron chi connectivity index (χ4n) is 2.71. The minimum atomic E-state index is 0.357. The Morgan fingerprint density at radius 3 is 2.80 bits per heavy atom. The molecule has 0 radical (unpaired) electrons. The van der Waals surface area contributed by atoms with Crippen LogP contribution in [0.25, 0.3) is 0 Å². The van der Waals surface area contributed by atoms with Crippen molar-refractivity contribution in [1.82, 2.24) is 15.1 Å². The quantitative estimate of drug-likeness (QED) is 0.821. The summed E-state index contributed by atoms with van der Waals surface area (Å²) in [5.41, 5.74) is 1.75. The topological polar surface area (TPSA) is 29.9 Å². The molecule has 1 aliphatic carbocycles. The Bertz CT molecular complexity index is 340. The molecule has 0 amide bonds. The van der Waals surface area contributed by atoms with Gasteiger partial charge in [0.05, 0.1) is 6.20 Å². The van der Waals surface area contributed by atoms with Crippen LogP contribution < -0.4 is 5.32 Å². The maximum Gasteiger partial charge on any atom is 0.0524 e. The maximum absolute atomic E-state index is 4.35. The van der Waals surface area contributed by atoms with Crippen LogP contribution in [-0.4, -0.2) is 22.9 Å². The first-order valence-corrected chi connectivity index (χ1v) is 5.79. The van der Waals surface area contributed by atoms with Gasteiger partial charge in [0.1, 0.15) is 0 Å². The highest BCUT2D eigenvalue weighted by atomic mass is 15.3. The van der Waals surface area contributed by atoms with Gasteiger partial charge >= 0.3 is 0 Å². The largest absolute Gasteiger partial charge is 0.316 e. The summed E-state index contributed by atoms with van der Waals surface area (Å²) in [6, 6.07) is 0.646. The van der Waals surface area contributed by atoms with Crippen LogP contribution in [0.2, 0.25) is 0 Å². The van der Waals surface area contributed by atoms with Gasteiger partial charge in [-0.05, 0) is 37.3 Å². The Morgan fingerprint density at radius 1 is 1.60 bits per heavy atom. The summed E-state index contributed by atoms with van der Waals surface area (Å²) < 4.78 is 2.01. The molecule has 2 atom stereocenters. The number of nitrogens with one attached hydrogen (secondary N) is 1. The van der Waals surface area contributed by atoms with Crippen molar-refractivity contribution in [1.29, 1.82) is 0 Å². The fourth-order valence-corrected chi connectivity index (χ4v) is 2.71. The first-order valence-electron chi connectivity index (χ1n) is 5.79. The summed E-state index contributed by atoms with van der Waals surface area (Å²) in [5.74, 6) is 0.662. The van der Waals surface area contributed by atoms with E-state index in [0.717, 1.165) is 6.54 Å². The van der Waals surface area contributed by atoms with Gasteiger partial charge in [0.2, 0.25) is 0 Å². The molecule has 0 bridgehead atoms. The third-order valence-corrected chi connectivity index (χ3v) is 4.00. The van der Waals surface area contributed by atoms with Gasteiger partial charge in [-0.2, -0.15) is 5.10 Å². The Kier molecular flexibility index (Phi) is 2.59. The second-order valence-corrected chi connectivity index (χ2v) is 5.08. The van der Waals surface area contributed by atoms with Crippen molar-refractivity contribution < 1.29 is 0 Å². The molecule has 1 aliphatic rings. The summed E-state index contributed by atoms with van der Waals surface area (Å²) in [7, 11) is 2.05. The molecule has 0 aromatic carbocycles. The van der Waals surface area contributed by atoms with E-state index in [1.54, 1.807) is 0 Å². The summed E-state index contributed by atoms with van der Waals surface area (Å²) in [5, 5.41) is 7.74. The molecule has 84 valence electrons. The Morgan fingerprint density at radius 2 is 2.33 bits per heavy atom. The molecular weight excluding hydrogens is 186 g/mol. The zero-order chi connectivity index (χ0) is 11.1. The van der Waals surface area contributed by atoms with Crippen molar-refractivity contribution in [2.24, 2.45) is 5.41 Å². The first-order chi connectivity index (χ1) is 7.09. The summed E-state index contributed by atoms with van der Waals surface area (Å²) >= 11 is 0. The Labute approximate surface area is 91.9 Å². The van der Waals surface area contributed by atoms with Gasteiger partial charge in [-0.25, -0.2) is 0 Å². The number of aryl methyl sites for hydroxylation is 1. The molecule has 15 heavy (non-hydrogen) atoms. The molecule has 0 saturated heterocycles. The van der Waals surface area contributed by atoms with Crippen LogP contribution in [0.15, 0.2) is 12.4 Å². The van der Waals surface area contributed by atoms with Crippen LogP contribution in [0.1, 0.15) is 38.7 Å². The maximum atomic E-state index is 4.35.